The van der Waals surface area contributed by atoms with E-state index in [2.05, 4.69) is 4.98 Å². The highest BCUT2D eigenvalue weighted by Gasteiger charge is 2.01. The molecule has 1 heterocycles. The number of rotatable bonds is 1. The lowest BCUT2D eigenvalue weighted by molar-refractivity contribution is 0.820. The molecular weight excluding hydrogens is 196 g/mol. The maximum absolute atomic E-state index is 5.81. The Morgan fingerprint density at radius 2 is 2.07 bits per heavy atom. The van der Waals surface area contributed by atoms with Crippen LogP contribution in [-0.4, -0.2) is 4.98 Å². The standard InChI is InChI=1S/C11H11ClN2/c1-7(13)8-2-3-9-6-14-11(12)5-10(9)4-8/h2-7H,13H2,1H3. The molecule has 2 nitrogen and oxygen atoms in total. The highest BCUT2D eigenvalue weighted by atomic mass is 35.5. The molecule has 0 saturated heterocycles. The molecule has 1 aromatic heterocycles. The molecule has 1 aromatic carbocycles. The summed E-state index contributed by atoms with van der Waals surface area (Å²) in [5.41, 5.74) is 6.91. The van der Waals surface area contributed by atoms with Gasteiger partial charge in [0.25, 0.3) is 0 Å². The van der Waals surface area contributed by atoms with Gasteiger partial charge in [-0.3, -0.25) is 0 Å². The molecule has 0 amide bonds. The third-order valence-electron chi connectivity index (χ3n) is 2.24. The Hall–Kier alpha value is -1.12. The Kier molecular flexibility index (Phi) is 2.40. The van der Waals surface area contributed by atoms with Crippen LogP contribution in [0, 0.1) is 0 Å². The smallest absolute Gasteiger partial charge is 0.129 e. The summed E-state index contributed by atoms with van der Waals surface area (Å²) in [5, 5.41) is 2.68. The van der Waals surface area contributed by atoms with E-state index in [1.807, 2.05) is 31.2 Å². The molecule has 3 heteroatoms. The summed E-state index contributed by atoms with van der Waals surface area (Å²) in [6, 6.07) is 7.97. The molecule has 1 atom stereocenters. The second-order valence-electron chi connectivity index (χ2n) is 3.40. The van der Waals surface area contributed by atoms with Gasteiger partial charge in [-0.1, -0.05) is 23.7 Å². The third-order valence-corrected chi connectivity index (χ3v) is 2.44. The second kappa shape index (κ2) is 3.56. The molecule has 0 saturated carbocycles. The van der Waals surface area contributed by atoms with Crippen molar-refractivity contribution in [2.24, 2.45) is 5.73 Å². The van der Waals surface area contributed by atoms with Crippen molar-refractivity contribution in [3.63, 3.8) is 0 Å². The van der Waals surface area contributed by atoms with Crippen LogP contribution in [0.1, 0.15) is 18.5 Å². The maximum atomic E-state index is 5.81. The molecule has 2 aromatic rings. The summed E-state index contributed by atoms with van der Waals surface area (Å²) >= 11 is 5.81. The van der Waals surface area contributed by atoms with E-state index >= 15 is 0 Å². The predicted octanol–water partition coefficient (Wildman–Crippen LogP) is 2.91. The van der Waals surface area contributed by atoms with Crippen LogP contribution in [0.5, 0.6) is 0 Å². The second-order valence-corrected chi connectivity index (χ2v) is 3.79. The number of aromatic nitrogens is 1. The number of halogens is 1. The summed E-state index contributed by atoms with van der Waals surface area (Å²) in [6.07, 6.45) is 1.77. The Balaban J connectivity index is 2.63. The largest absolute Gasteiger partial charge is 0.324 e. The number of hydrogen-bond acceptors (Lipinski definition) is 2. The molecule has 0 aliphatic carbocycles. The fourth-order valence-corrected chi connectivity index (χ4v) is 1.58. The SMILES string of the molecule is CC(N)c1ccc2cnc(Cl)cc2c1. The van der Waals surface area contributed by atoms with E-state index in [-0.39, 0.29) is 6.04 Å². The van der Waals surface area contributed by atoms with Crippen molar-refractivity contribution in [1.82, 2.24) is 4.98 Å². The van der Waals surface area contributed by atoms with Crippen molar-refractivity contribution in [2.45, 2.75) is 13.0 Å². The van der Waals surface area contributed by atoms with E-state index in [1.54, 1.807) is 6.20 Å². The zero-order valence-corrected chi connectivity index (χ0v) is 8.62. The normalized spacial score (nSPS) is 13.1. The van der Waals surface area contributed by atoms with E-state index < -0.39 is 0 Å². The van der Waals surface area contributed by atoms with Crippen LogP contribution < -0.4 is 5.73 Å². The summed E-state index contributed by atoms with van der Waals surface area (Å²) < 4.78 is 0. The lowest BCUT2D eigenvalue weighted by atomic mass is 10.1. The van der Waals surface area contributed by atoms with Gasteiger partial charge in [-0.25, -0.2) is 4.98 Å². The Morgan fingerprint density at radius 1 is 1.29 bits per heavy atom. The first-order chi connectivity index (χ1) is 6.66. The molecule has 0 radical (unpaired) electrons. The summed E-state index contributed by atoms with van der Waals surface area (Å²) in [4.78, 5) is 4.02. The van der Waals surface area contributed by atoms with Gasteiger partial charge in [0, 0.05) is 17.6 Å². The van der Waals surface area contributed by atoms with Gasteiger partial charge in [0.05, 0.1) is 0 Å². The number of pyridine rings is 1. The van der Waals surface area contributed by atoms with Crippen molar-refractivity contribution >= 4 is 22.4 Å². The van der Waals surface area contributed by atoms with Crippen LogP contribution >= 0.6 is 11.6 Å². The molecule has 14 heavy (non-hydrogen) atoms. The van der Waals surface area contributed by atoms with Gasteiger partial charge in [-0.15, -0.1) is 0 Å². The number of nitrogens with zero attached hydrogens (tertiary/aromatic N) is 1. The van der Waals surface area contributed by atoms with Gasteiger partial charge in [0.1, 0.15) is 5.15 Å². The van der Waals surface area contributed by atoms with Gasteiger partial charge >= 0.3 is 0 Å². The topological polar surface area (TPSA) is 38.9 Å². The molecule has 0 bridgehead atoms. The Bertz CT molecular complexity index is 466. The number of fused-ring (bicyclic) bond motifs is 1. The third kappa shape index (κ3) is 1.72. The molecule has 2 rings (SSSR count). The lowest BCUT2D eigenvalue weighted by Crippen LogP contribution is -2.04. The molecule has 2 N–H and O–H groups in total. The lowest BCUT2D eigenvalue weighted by Gasteiger charge is -2.06. The van der Waals surface area contributed by atoms with Crippen LogP contribution in [-0.2, 0) is 0 Å². The van der Waals surface area contributed by atoms with Gasteiger partial charge in [-0.2, -0.15) is 0 Å². The fraction of sp³-hybridized carbons (Fsp3) is 0.182. The van der Waals surface area contributed by atoms with Crippen LogP contribution in [0.4, 0.5) is 0 Å². The maximum Gasteiger partial charge on any atom is 0.129 e. The Labute approximate surface area is 87.7 Å². The first-order valence-corrected chi connectivity index (χ1v) is 4.85. The van der Waals surface area contributed by atoms with Crippen molar-refractivity contribution < 1.29 is 0 Å². The molecular formula is C11H11ClN2. The Morgan fingerprint density at radius 3 is 2.79 bits per heavy atom. The van der Waals surface area contributed by atoms with Crippen molar-refractivity contribution in [1.29, 1.82) is 0 Å². The van der Waals surface area contributed by atoms with Gasteiger partial charge < -0.3 is 5.73 Å². The quantitative estimate of drug-likeness (QED) is 0.729. The average Bonchev–Trinajstić information content (AvgIpc) is 2.16. The number of benzene rings is 1. The molecule has 0 aliphatic rings. The van der Waals surface area contributed by atoms with Crippen LogP contribution in [0.3, 0.4) is 0 Å². The minimum Gasteiger partial charge on any atom is -0.324 e. The first-order valence-electron chi connectivity index (χ1n) is 4.47. The van der Waals surface area contributed by atoms with E-state index in [0.29, 0.717) is 5.15 Å². The van der Waals surface area contributed by atoms with E-state index in [1.165, 1.54) is 0 Å². The fourth-order valence-electron chi connectivity index (χ4n) is 1.42. The van der Waals surface area contributed by atoms with Crippen molar-refractivity contribution in [3.8, 4) is 0 Å². The zero-order valence-electron chi connectivity index (χ0n) is 7.87. The average molecular weight is 207 g/mol. The molecule has 1 unspecified atom stereocenters. The number of hydrogen-bond donors (Lipinski definition) is 1. The number of nitrogens with two attached hydrogens (primary N) is 1. The summed E-state index contributed by atoms with van der Waals surface area (Å²) in [5.74, 6) is 0. The zero-order chi connectivity index (χ0) is 10.1. The monoisotopic (exact) mass is 206 g/mol. The molecule has 0 aliphatic heterocycles. The van der Waals surface area contributed by atoms with Gasteiger partial charge in [0.2, 0.25) is 0 Å². The van der Waals surface area contributed by atoms with Gasteiger partial charge in [0.15, 0.2) is 0 Å². The summed E-state index contributed by atoms with van der Waals surface area (Å²) in [7, 11) is 0. The summed E-state index contributed by atoms with van der Waals surface area (Å²) in [6.45, 7) is 1.96. The van der Waals surface area contributed by atoms with Crippen LogP contribution in [0.25, 0.3) is 10.8 Å². The van der Waals surface area contributed by atoms with Crippen molar-refractivity contribution in [2.75, 3.05) is 0 Å². The van der Waals surface area contributed by atoms with E-state index in [0.717, 1.165) is 16.3 Å². The molecule has 0 spiro atoms. The highest BCUT2D eigenvalue weighted by Crippen LogP contribution is 2.20. The van der Waals surface area contributed by atoms with Gasteiger partial charge in [-0.05, 0) is 30.0 Å². The van der Waals surface area contributed by atoms with E-state index in [9.17, 15) is 0 Å². The van der Waals surface area contributed by atoms with Crippen molar-refractivity contribution in [3.05, 3.63) is 41.2 Å². The first kappa shape index (κ1) is 9.44. The van der Waals surface area contributed by atoms with Crippen LogP contribution in [0.2, 0.25) is 5.15 Å². The minimum absolute atomic E-state index is 0.0475. The minimum atomic E-state index is 0.0475. The highest BCUT2D eigenvalue weighted by molar-refractivity contribution is 6.30. The molecule has 0 fully saturated rings. The predicted molar refractivity (Wildman–Crippen MR) is 59.4 cm³/mol. The van der Waals surface area contributed by atoms with Crippen LogP contribution in [0.15, 0.2) is 30.5 Å². The van der Waals surface area contributed by atoms with E-state index in [4.69, 9.17) is 17.3 Å². The molecule has 72 valence electrons.